The lowest BCUT2D eigenvalue weighted by molar-refractivity contribution is -0.119. The van der Waals surface area contributed by atoms with Crippen LogP contribution in [0.25, 0.3) is 0 Å². The number of aromatic nitrogens is 1. The summed E-state index contributed by atoms with van der Waals surface area (Å²) in [6.07, 6.45) is 0. The number of hydrogen-bond donors (Lipinski definition) is 2. The van der Waals surface area contributed by atoms with Gasteiger partial charge < -0.3 is 15.4 Å². The van der Waals surface area contributed by atoms with Gasteiger partial charge in [-0.3, -0.25) is 9.59 Å². The van der Waals surface area contributed by atoms with Gasteiger partial charge in [-0.25, -0.2) is 9.78 Å². The average molecular weight is 347 g/mol. The zero-order valence-corrected chi connectivity index (χ0v) is 14.3. The Morgan fingerprint density at radius 2 is 2.00 bits per heavy atom. The van der Waals surface area contributed by atoms with Crippen molar-refractivity contribution in [2.75, 3.05) is 19.0 Å². The molecule has 0 saturated heterocycles. The molecule has 1 aromatic heterocycles. The van der Waals surface area contributed by atoms with Crippen LogP contribution in [0.2, 0.25) is 0 Å². The molecule has 0 aliphatic carbocycles. The van der Waals surface area contributed by atoms with E-state index in [1.807, 2.05) is 0 Å². The van der Waals surface area contributed by atoms with Crippen LogP contribution in [0.4, 0.5) is 5.69 Å². The van der Waals surface area contributed by atoms with Crippen molar-refractivity contribution in [1.82, 2.24) is 10.3 Å². The van der Waals surface area contributed by atoms with Crippen molar-refractivity contribution < 1.29 is 19.1 Å². The molecule has 8 heteroatoms. The Balaban J connectivity index is 1.93. The predicted molar refractivity (Wildman–Crippen MR) is 90.3 cm³/mol. The van der Waals surface area contributed by atoms with E-state index >= 15 is 0 Å². The Labute approximate surface area is 143 Å². The molecule has 2 N–H and O–H groups in total. The van der Waals surface area contributed by atoms with Crippen LogP contribution in [0.3, 0.4) is 0 Å². The number of rotatable bonds is 5. The van der Waals surface area contributed by atoms with Crippen LogP contribution in [0.15, 0.2) is 24.3 Å². The molecule has 0 aliphatic rings. The normalized spacial score (nSPS) is 10.1. The van der Waals surface area contributed by atoms with E-state index in [9.17, 15) is 14.4 Å². The molecule has 0 aliphatic heterocycles. The van der Waals surface area contributed by atoms with E-state index in [1.54, 1.807) is 32.0 Å². The maximum Gasteiger partial charge on any atom is 0.350 e. The predicted octanol–water partition coefficient (Wildman–Crippen LogP) is 1.92. The second-order valence-corrected chi connectivity index (χ2v) is 6.13. The molecule has 1 heterocycles. The molecule has 0 atom stereocenters. The quantitative estimate of drug-likeness (QED) is 0.805. The van der Waals surface area contributed by atoms with Crippen LogP contribution < -0.4 is 10.6 Å². The number of anilines is 1. The Kier molecular flexibility index (Phi) is 5.64. The van der Waals surface area contributed by atoms with Crippen molar-refractivity contribution in [2.45, 2.75) is 13.8 Å². The third-order valence-corrected chi connectivity index (χ3v) is 4.11. The Bertz CT molecular complexity index is 785. The summed E-state index contributed by atoms with van der Waals surface area (Å²) in [4.78, 5) is 39.9. The second-order valence-electron chi connectivity index (χ2n) is 4.93. The Morgan fingerprint density at radius 1 is 1.25 bits per heavy atom. The fraction of sp³-hybridized carbons (Fsp3) is 0.250. The van der Waals surface area contributed by atoms with Crippen LogP contribution in [0.5, 0.6) is 0 Å². The van der Waals surface area contributed by atoms with Gasteiger partial charge in [-0.15, -0.1) is 11.3 Å². The van der Waals surface area contributed by atoms with E-state index in [2.05, 4.69) is 15.6 Å². The highest BCUT2D eigenvalue weighted by Gasteiger charge is 2.16. The van der Waals surface area contributed by atoms with Gasteiger partial charge in [-0.2, -0.15) is 0 Å². The van der Waals surface area contributed by atoms with E-state index < -0.39 is 18.5 Å². The van der Waals surface area contributed by atoms with E-state index in [1.165, 1.54) is 24.5 Å². The van der Waals surface area contributed by atoms with Gasteiger partial charge in [0.15, 0.2) is 6.61 Å². The molecule has 2 rings (SSSR count). The maximum atomic E-state index is 11.9. The number of nitrogens with zero attached hydrogens (tertiary/aromatic N) is 1. The molecule has 0 unspecified atom stereocenters. The van der Waals surface area contributed by atoms with Crippen molar-refractivity contribution in [2.24, 2.45) is 0 Å². The summed E-state index contributed by atoms with van der Waals surface area (Å²) >= 11 is 1.22. The van der Waals surface area contributed by atoms with Crippen LogP contribution in [-0.4, -0.2) is 36.4 Å². The van der Waals surface area contributed by atoms with Gasteiger partial charge in [0.2, 0.25) is 0 Å². The number of benzene rings is 1. The molecule has 0 fully saturated rings. The summed E-state index contributed by atoms with van der Waals surface area (Å²) in [5.41, 5.74) is 1.45. The van der Waals surface area contributed by atoms with Gasteiger partial charge in [0.25, 0.3) is 11.8 Å². The molecule has 1 aromatic carbocycles. The monoisotopic (exact) mass is 347 g/mol. The van der Waals surface area contributed by atoms with Crippen molar-refractivity contribution in [3.05, 3.63) is 45.4 Å². The third kappa shape index (κ3) is 4.39. The van der Waals surface area contributed by atoms with E-state index in [4.69, 9.17) is 4.74 Å². The molecule has 126 valence electrons. The molecule has 0 radical (unpaired) electrons. The zero-order chi connectivity index (χ0) is 17.7. The van der Waals surface area contributed by atoms with Gasteiger partial charge in [0, 0.05) is 18.3 Å². The van der Waals surface area contributed by atoms with Crippen LogP contribution in [0, 0.1) is 13.8 Å². The summed E-state index contributed by atoms with van der Waals surface area (Å²) < 4.78 is 5.00. The summed E-state index contributed by atoms with van der Waals surface area (Å²) in [7, 11) is 1.52. The molecule has 7 nitrogen and oxygen atoms in total. The molecular weight excluding hydrogens is 330 g/mol. The van der Waals surface area contributed by atoms with Crippen molar-refractivity contribution >= 4 is 34.8 Å². The van der Waals surface area contributed by atoms with E-state index in [-0.39, 0.29) is 5.91 Å². The second kappa shape index (κ2) is 7.69. The molecule has 2 aromatic rings. The standard InChI is InChI=1S/C16H17N3O4S/c1-9-14(24-10(2)18-9)16(22)23-8-13(20)19-12-6-4-5-11(7-12)15(21)17-3/h4-7H,8H2,1-3H3,(H,17,21)(H,19,20). The molecule has 0 saturated carbocycles. The number of aryl methyl sites for hydroxylation is 2. The Morgan fingerprint density at radius 3 is 2.62 bits per heavy atom. The number of hydrogen-bond acceptors (Lipinski definition) is 6. The first-order chi connectivity index (χ1) is 11.4. The van der Waals surface area contributed by atoms with E-state index in [0.29, 0.717) is 21.8 Å². The largest absolute Gasteiger partial charge is 0.451 e. The van der Waals surface area contributed by atoms with Gasteiger partial charge in [-0.1, -0.05) is 6.07 Å². The van der Waals surface area contributed by atoms with Gasteiger partial charge in [0.1, 0.15) is 4.88 Å². The van der Waals surface area contributed by atoms with Gasteiger partial charge >= 0.3 is 5.97 Å². The third-order valence-electron chi connectivity index (χ3n) is 3.06. The number of esters is 1. The first-order valence-corrected chi connectivity index (χ1v) is 7.95. The number of carbonyl (C=O) groups is 3. The fourth-order valence-electron chi connectivity index (χ4n) is 2.00. The summed E-state index contributed by atoms with van der Waals surface area (Å²) in [6.45, 7) is 3.09. The van der Waals surface area contributed by atoms with Crippen molar-refractivity contribution in [3.63, 3.8) is 0 Å². The smallest absolute Gasteiger partial charge is 0.350 e. The van der Waals surface area contributed by atoms with E-state index in [0.717, 1.165) is 5.01 Å². The average Bonchev–Trinajstić information content (AvgIpc) is 2.90. The van der Waals surface area contributed by atoms with Gasteiger partial charge in [-0.05, 0) is 32.0 Å². The number of carbonyl (C=O) groups excluding carboxylic acids is 3. The highest BCUT2D eigenvalue weighted by Crippen LogP contribution is 2.18. The number of thiazole rings is 1. The highest BCUT2D eigenvalue weighted by atomic mass is 32.1. The Hall–Kier alpha value is -2.74. The minimum Gasteiger partial charge on any atom is -0.451 e. The molecule has 2 amide bonds. The number of ether oxygens (including phenoxy) is 1. The van der Waals surface area contributed by atoms with Crippen LogP contribution >= 0.6 is 11.3 Å². The number of nitrogens with one attached hydrogen (secondary N) is 2. The lowest BCUT2D eigenvalue weighted by Crippen LogP contribution is -2.21. The van der Waals surface area contributed by atoms with Gasteiger partial charge in [0.05, 0.1) is 10.7 Å². The first-order valence-electron chi connectivity index (χ1n) is 7.14. The SMILES string of the molecule is CNC(=O)c1cccc(NC(=O)COC(=O)c2sc(C)nc2C)c1. The van der Waals surface area contributed by atoms with Crippen LogP contribution in [-0.2, 0) is 9.53 Å². The lowest BCUT2D eigenvalue weighted by Gasteiger charge is -2.07. The minimum atomic E-state index is -0.577. The van der Waals surface area contributed by atoms with Crippen molar-refractivity contribution in [1.29, 1.82) is 0 Å². The number of amides is 2. The molecular formula is C16H17N3O4S. The lowest BCUT2D eigenvalue weighted by atomic mass is 10.2. The zero-order valence-electron chi connectivity index (χ0n) is 13.5. The molecule has 24 heavy (non-hydrogen) atoms. The molecule has 0 bridgehead atoms. The van der Waals surface area contributed by atoms with Crippen LogP contribution in [0.1, 0.15) is 30.7 Å². The van der Waals surface area contributed by atoms with Crippen molar-refractivity contribution in [3.8, 4) is 0 Å². The highest BCUT2D eigenvalue weighted by molar-refractivity contribution is 7.13. The first kappa shape index (κ1) is 17.6. The summed E-state index contributed by atoms with van der Waals surface area (Å²) in [5.74, 6) is -1.32. The summed E-state index contributed by atoms with van der Waals surface area (Å²) in [5, 5.41) is 5.84. The fourth-order valence-corrected chi connectivity index (χ4v) is 2.81. The summed E-state index contributed by atoms with van der Waals surface area (Å²) in [6, 6.07) is 6.46. The molecule has 0 spiro atoms. The minimum absolute atomic E-state index is 0.256. The maximum absolute atomic E-state index is 11.9. The topological polar surface area (TPSA) is 97.4 Å².